The van der Waals surface area contributed by atoms with E-state index in [9.17, 15) is 27.7 Å². The van der Waals surface area contributed by atoms with Crippen LogP contribution >= 0.6 is 23.2 Å². The van der Waals surface area contributed by atoms with Gasteiger partial charge in [0.25, 0.3) is 11.6 Å². The molecular weight excluding hydrogens is 448 g/mol. The highest BCUT2D eigenvalue weighted by atomic mass is 35.5. The van der Waals surface area contributed by atoms with Crippen LogP contribution in [0.5, 0.6) is 0 Å². The van der Waals surface area contributed by atoms with Gasteiger partial charge in [-0.05, 0) is 24.3 Å². The van der Waals surface area contributed by atoms with Crippen molar-refractivity contribution in [3.63, 3.8) is 0 Å². The number of hydrogen-bond donors (Lipinski definition) is 0. The summed E-state index contributed by atoms with van der Waals surface area (Å²) in [5.41, 5.74) is -0.140. The molecule has 0 saturated carbocycles. The first kappa shape index (κ1) is 21.4. The lowest BCUT2D eigenvalue weighted by molar-refractivity contribution is -0.384. The average Bonchev–Trinajstić information content (AvgIpc) is 2.69. The van der Waals surface area contributed by atoms with Crippen molar-refractivity contribution in [3.8, 4) is 0 Å². The maximum absolute atomic E-state index is 13.3. The second-order valence-corrected chi connectivity index (χ2v) is 8.95. The predicted octanol–water partition coefficient (Wildman–Crippen LogP) is 3.19. The summed E-state index contributed by atoms with van der Waals surface area (Å²) in [5.74, 6) is -1.17. The van der Waals surface area contributed by atoms with Gasteiger partial charge in [0, 0.05) is 38.3 Å². The molecule has 1 aliphatic rings. The summed E-state index contributed by atoms with van der Waals surface area (Å²) < 4.78 is 39.9. The van der Waals surface area contributed by atoms with Crippen molar-refractivity contribution >= 4 is 44.8 Å². The van der Waals surface area contributed by atoms with E-state index in [0.29, 0.717) is 0 Å². The van der Waals surface area contributed by atoms with E-state index < -0.39 is 26.7 Å². The molecule has 2 aromatic rings. The van der Waals surface area contributed by atoms with Gasteiger partial charge < -0.3 is 4.90 Å². The van der Waals surface area contributed by atoms with E-state index in [-0.39, 0.29) is 52.4 Å². The van der Waals surface area contributed by atoms with E-state index in [1.165, 1.54) is 21.3 Å². The van der Waals surface area contributed by atoms with E-state index in [1.807, 2.05) is 0 Å². The minimum absolute atomic E-state index is 0.0215. The number of nitrogens with zero attached hydrogens (tertiary/aromatic N) is 3. The first-order valence-electron chi connectivity index (χ1n) is 8.29. The highest BCUT2D eigenvalue weighted by Gasteiger charge is 2.31. The number of non-ortho nitro benzene ring substituents is 1. The van der Waals surface area contributed by atoms with Crippen molar-refractivity contribution in [3.05, 3.63) is 67.9 Å². The first-order chi connectivity index (χ1) is 13.6. The van der Waals surface area contributed by atoms with Crippen LogP contribution < -0.4 is 0 Å². The summed E-state index contributed by atoms with van der Waals surface area (Å²) in [5, 5.41) is 10.4. The Bertz CT molecular complexity index is 1090. The number of benzene rings is 2. The van der Waals surface area contributed by atoms with Crippen LogP contribution in [-0.2, 0) is 10.0 Å². The minimum Gasteiger partial charge on any atom is -0.336 e. The van der Waals surface area contributed by atoms with Crippen LogP contribution in [0.3, 0.4) is 0 Å². The number of hydrogen-bond acceptors (Lipinski definition) is 5. The van der Waals surface area contributed by atoms with Crippen molar-refractivity contribution in [2.45, 2.75) is 4.90 Å². The Morgan fingerprint density at radius 3 is 2.24 bits per heavy atom. The normalized spacial score (nSPS) is 15.3. The van der Waals surface area contributed by atoms with Gasteiger partial charge in [-0.15, -0.1) is 0 Å². The van der Waals surface area contributed by atoms with Crippen molar-refractivity contribution in [2.24, 2.45) is 0 Å². The third-order valence-corrected chi connectivity index (χ3v) is 6.95. The SMILES string of the molecule is O=C(c1ccc([N+](=O)[O-])cc1Cl)N1CCN(S(=O)(=O)c2ccc(F)c(Cl)c2)CC1. The molecule has 0 aliphatic carbocycles. The van der Waals surface area contributed by atoms with E-state index >= 15 is 0 Å². The van der Waals surface area contributed by atoms with Crippen LogP contribution in [0.25, 0.3) is 0 Å². The lowest BCUT2D eigenvalue weighted by Crippen LogP contribution is -2.50. The Balaban J connectivity index is 1.72. The molecule has 0 radical (unpaired) electrons. The van der Waals surface area contributed by atoms with Gasteiger partial charge in [-0.2, -0.15) is 4.31 Å². The molecule has 154 valence electrons. The number of halogens is 3. The zero-order valence-corrected chi connectivity index (χ0v) is 17.0. The topological polar surface area (TPSA) is 101 Å². The summed E-state index contributed by atoms with van der Waals surface area (Å²) in [6.07, 6.45) is 0. The number of amides is 1. The van der Waals surface area contributed by atoms with E-state index in [4.69, 9.17) is 23.2 Å². The van der Waals surface area contributed by atoms with Crippen LogP contribution in [0.2, 0.25) is 10.0 Å². The Kier molecular flexibility index (Phi) is 6.08. The summed E-state index contributed by atoms with van der Waals surface area (Å²) in [6.45, 7) is 0.238. The number of sulfonamides is 1. The second-order valence-electron chi connectivity index (χ2n) is 6.19. The molecule has 1 saturated heterocycles. The fourth-order valence-corrected chi connectivity index (χ4v) is 4.83. The Morgan fingerprint density at radius 1 is 1.03 bits per heavy atom. The molecule has 0 N–H and O–H groups in total. The standard InChI is InChI=1S/C17H14Cl2FN3O5S/c18-14-9-11(23(25)26)1-3-13(14)17(24)21-5-7-22(8-6-21)29(27,28)12-2-4-16(20)15(19)10-12/h1-4,9-10H,5-8H2. The summed E-state index contributed by atoms with van der Waals surface area (Å²) in [6, 6.07) is 6.69. The largest absolute Gasteiger partial charge is 0.336 e. The van der Waals surface area contributed by atoms with Gasteiger partial charge in [-0.3, -0.25) is 14.9 Å². The molecule has 1 heterocycles. The molecule has 8 nitrogen and oxygen atoms in total. The second kappa shape index (κ2) is 8.23. The molecule has 12 heteroatoms. The maximum Gasteiger partial charge on any atom is 0.270 e. The number of carbonyl (C=O) groups excluding carboxylic acids is 1. The van der Waals surface area contributed by atoms with Gasteiger partial charge >= 0.3 is 0 Å². The van der Waals surface area contributed by atoms with Gasteiger partial charge in [0.2, 0.25) is 10.0 Å². The van der Waals surface area contributed by atoms with Gasteiger partial charge in [0.05, 0.1) is 25.4 Å². The molecule has 1 aliphatic heterocycles. The molecular formula is C17H14Cl2FN3O5S. The van der Waals surface area contributed by atoms with Crippen LogP contribution in [0.15, 0.2) is 41.3 Å². The van der Waals surface area contributed by atoms with Crippen LogP contribution in [-0.4, -0.2) is 54.6 Å². The number of nitro benzene ring substituents is 1. The Hall–Kier alpha value is -2.27. The fourth-order valence-electron chi connectivity index (χ4n) is 2.88. The summed E-state index contributed by atoms with van der Waals surface area (Å²) >= 11 is 11.7. The lowest BCUT2D eigenvalue weighted by atomic mass is 10.1. The summed E-state index contributed by atoms with van der Waals surface area (Å²) in [4.78, 5) is 24.1. The summed E-state index contributed by atoms with van der Waals surface area (Å²) in [7, 11) is -3.90. The van der Waals surface area contributed by atoms with Gasteiger partial charge in [0.15, 0.2) is 0 Å². The molecule has 3 rings (SSSR count). The molecule has 0 bridgehead atoms. The Morgan fingerprint density at radius 2 is 1.69 bits per heavy atom. The van der Waals surface area contributed by atoms with E-state index in [1.54, 1.807) is 0 Å². The molecule has 0 atom stereocenters. The number of rotatable bonds is 4. The first-order valence-corrected chi connectivity index (χ1v) is 10.5. The zero-order valence-electron chi connectivity index (χ0n) is 14.7. The van der Waals surface area contributed by atoms with E-state index in [2.05, 4.69) is 0 Å². The van der Waals surface area contributed by atoms with Crippen molar-refractivity contribution in [1.29, 1.82) is 0 Å². The van der Waals surface area contributed by atoms with Gasteiger partial charge in [-0.25, -0.2) is 12.8 Å². The molecule has 0 aromatic heterocycles. The highest BCUT2D eigenvalue weighted by molar-refractivity contribution is 7.89. The van der Waals surface area contributed by atoms with Crippen molar-refractivity contribution in [1.82, 2.24) is 9.21 Å². The molecule has 0 spiro atoms. The van der Waals surface area contributed by atoms with Crippen molar-refractivity contribution < 1.29 is 22.5 Å². The van der Waals surface area contributed by atoms with Gasteiger partial charge in [0.1, 0.15) is 5.82 Å². The smallest absolute Gasteiger partial charge is 0.270 e. The number of nitro groups is 1. The van der Waals surface area contributed by atoms with E-state index in [0.717, 1.165) is 24.3 Å². The Labute approximate surface area is 175 Å². The van der Waals surface area contributed by atoms with Crippen LogP contribution in [0.4, 0.5) is 10.1 Å². The molecule has 29 heavy (non-hydrogen) atoms. The monoisotopic (exact) mass is 461 g/mol. The molecule has 2 aromatic carbocycles. The zero-order chi connectivity index (χ0) is 21.3. The van der Waals surface area contributed by atoms with Crippen LogP contribution in [0.1, 0.15) is 10.4 Å². The third kappa shape index (κ3) is 4.35. The van der Waals surface area contributed by atoms with Crippen LogP contribution in [0, 0.1) is 15.9 Å². The molecule has 1 amide bonds. The molecule has 0 unspecified atom stereocenters. The highest BCUT2D eigenvalue weighted by Crippen LogP contribution is 2.26. The predicted molar refractivity (Wildman–Crippen MR) is 104 cm³/mol. The number of carbonyl (C=O) groups is 1. The minimum atomic E-state index is -3.90. The molecule has 1 fully saturated rings. The van der Waals surface area contributed by atoms with Crippen molar-refractivity contribution in [2.75, 3.05) is 26.2 Å². The quantitative estimate of drug-likeness (QED) is 0.513. The van der Waals surface area contributed by atoms with Gasteiger partial charge in [-0.1, -0.05) is 23.2 Å². The third-order valence-electron chi connectivity index (χ3n) is 4.45. The average molecular weight is 462 g/mol. The number of piperazine rings is 1. The maximum atomic E-state index is 13.3. The lowest BCUT2D eigenvalue weighted by Gasteiger charge is -2.34. The fraction of sp³-hybridized carbons (Fsp3) is 0.235.